The van der Waals surface area contributed by atoms with Crippen LogP contribution in [0.5, 0.6) is 11.5 Å². The highest BCUT2D eigenvalue weighted by Crippen LogP contribution is 2.38. The molecule has 1 aliphatic rings. The lowest BCUT2D eigenvalue weighted by Gasteiger charge is -2.06. The van der Waals surface area contributed by atoms with Crippen molar-refractivity contribution in [2.24, 2.45) is 0 Å². The zero-order chi connectivity index (χ0) is 21.5. The SMILES string of the molecule is Cc1cc(OC(=O)c2cc3ccccc3o2)cc2c1C(=O)/C(=C/c1ccc(Br)cc1)O2. The standard InChI is InChI=1S/C25H15BrO5/c1-14-10-18(29-25(28)22-12-16-4-2-3-5-19(16)30-22)13-20-23(14)24(27)21(31-20)11-15-6-8-17(26)9-7-15/h2-13H,1H3/b21-11-. The van der Waals surface area contributed by atoms with Crippen LogP contribution < -0.4 is 9.47 Å². The first-order chi connectivity index (χ1) is 15.0. The van der Waals surface area contributed by atoms with Gasteiger partial charge in [-0.3, -0.25) is 4.79 Å². The van der Waals surface area contributed by atoms with E-state index in [4.69, 9.17) is 13.9 Å². The Labute approximate surface area is 186 Å². The summed E-state index contributed by atoms with van der Waals surface area (Å²) in [7, 11) is 0. The second-order valence-electron chi connectivity index (χ2n) is 7.14. The van der Waals surface area contributed by atoms with Gasteiger partial charge >= 0.3 is 5.97 Å². The number of furan rings is 1. The van der Waals surface area contributed by atoms with Crippen LogP contribution in [0.25, 0.3) is 17.0 Å². The second kappa shape index (κ2) is 7.56. The van der Waals surface area contributed by atoms with Gasteiger partial charge in [0.15, 0.2) is 5.76 Å². The number of esters is 1. The summed E-state index contributed by atoms with van der Waals surface area (Å²) >= 11 is 3.39. The molecule has 0 aliphatic carbocycles. The molecule has 1 aliphatic heterocycles. The van der Waals surface area contributed by atoms with E-state index in [1.54, 1.807) is 37.3 Å². The smallest absolute Gasteiger partial charge is 0.379 e. The van der Waals surface area contributed by atoms with Crippen molar-refractivity contribution in [1.29, 1.82) is 0 Å². The van der Waals surface area contributed by atoms with Crippen LogP contribution in [0.15, 0.2) is 81.4 Å². The number of benzene rings is 3. The number of ether oxygens (including phenoxy) is 2. The minimum Gasteiger partial charge on any atom is -0.452 e. The lowest BCUT2D eigenvalue weighted by atomic mass is 10.0. The summed E-state index contributed by atoms with van der Waals surface area (Å²) in [4.78, 5) is 25.4. The molecule has 0 spiro atoms. The van der Waals surface area contributed by atoms with Crippen LogP contribution in [-0.2, 0) is 0 Å². The lowest BCUT2D eigenvalue weighted by molar-refractivity contribution is 0.0703. The molecule has 6 heteroatoms. The van der Waals surface area contributed by atoms with Crippen molar-refractivity contribution in [3.63, 3.8) is 0 Å². The Bertz CT molecular complexity index is 1350. The fourth-order valence-electron chi connectivity index (χ4n) is 3.49. The third kappa shape index (κ3) is 3.66. The van der Waals surface area contributed by atoms with Crippen molar-refractivity contribution in [3.05, 3.63) is 99.4 Å². The molecule has 3 aromatic carbocycles. The monoisotopic (exact) mass is 474 g/mol. The molecular weight excluding hydrogens is 460 g/mol. The third-order valence-electron chi connectivity index (χ3n) is 4.95. The number of carbonyl (C=O) groups excluding carboxylic acids is 2. The van der Waals surface area contributed by atoms with Gasteiger partial charge in [0.05, 0.1) is 5.56 Å². The summed E-state index contributed by atoms with van der Waals surface area (Å²) in [6, 6.07) is 19.7. The normalized spacial score (nSPS) is 14.0. The summed E-state index contributed by atoms with van der Waals surface area (Å²) in [5.74, 6) is 0.143. The third-order valence-corrected chi connectivity index (χ3v) is 5.48. The molecule has 0 saturated heterocycles. The van der Waals surface area contributed by atoms with E-state index in [-0.39, 0.29) is 23.1 Å². The van der Waals surface area contributed by atoms with Crippen molar-refractivity contribution in [2.75, 3.05) is 0 Å². The van der Waals surface area contributed by atoms with E-state index in [1.165, 1.54) is 0 Å². The maximum Gasteiger partial charge on any atom is 0.379 e. The molecule has 0 fully saturated rings. The van der Waals surface area contributed by atoms with Crippen molar-refractivity contribution in [1.82, 2.24) is 0 Å². The molecule has 0 N–H and O–H groups in total. The van der Waals surface area contributed by atoms with Crippen LogP contribution in [0.4, 0.5) is 0 Å². The fourth-order valence-corrected chi connectivity index (χ4v) is 3.75. The van der Waals surface area contributed by atoms with E-state index < -0.39 is 5.97 Å². The molecule has 5 rings (SSSR count). The zero-order valence-electron chi connectivity index (χ0n) is 16.3. The number of aryl methyl sites for hydroxylation is 1. The summed E-state index contributed by atoms with van der Waals surface area (Å²) in [6.45, 7) is 1.78. The van der Waals surface area contributed by atoms with Crippen LogP contribution in [-0.4, -0.2) is 11.8 Å². The highest BCUT2D eigenvalue weighted by Gasteiger charge is 2.30. The van der Waals surface area contributed by atoms with Gasteiger partial charge in [-0.1, -0.05) is 46.3 Å². The van der Waals surface area contributed by atoms with Crippen LogP contribution in [0, 0.1) is 6.92 Å². The number of ketones is 1. The first-order valence-electron chi connectivity index (χ1n) is 9.53. The van der Waals surface area contributed by atoms with E-state index in [9.17, 15) is 9.59 Å². The Morgan fingerprint density at radius 2 is 1.81 bits per heavy atom. The van der Waals surface area contributed by atoms with Crippen LogP contribution in [0.2, 0.25) is 0 Å². The molecule has 0 saturated carbocycles. The second-order valence-corrected chi connectivity index (χ2v) is 8.06. The van der Waals surface area contributed by atoms with Gasteiger partial charge in [0, 0.05) is 15.9 Å². The number of halogens is 1. The predicted octanol–water partition coefficient (Wildman–Crippen LogP) is 6.34. The average Bonchev–Trinajstić information content (AvgIpc) is 3.31. The summed E-state index contributed by atoms with van der Waals surface area (Å²) < 4.78 is 17.8. The Morgan fingerprint density at radius 1 is 1.03 bits per heavy atom. The number of hydrogen-bond donors (Lipinski definition) is 0. The minimum atomic E-state index is -0.620. The van der Waals surface area contributed by atoms with Crippen molar-refractivity contribution in [3.8, 4) is 11.5 Å². The Balaban J connectivity index is 1.41. The Hall–Kier alpha value is -3.64. The summed E-state index contributed by atoms with van der Waals surface area (Å²) in [6.07, 6.45) is 1.69. The van der Waals surface area contributed by atoms with Gasteiger partial charge in [0.2, 0.25) is 11.5 Å². The van der Waals surface area contributed by atoms with E-state index in [2.05, 4.69) is 15.9 Å². The number of para-hydroxylation sites is 1. The number of allylic oxidation sites excluding steroid dienone is 1. The molecule has 2 heterocycles. The van der Waals surface area contributed by atoms with Crippen LogP contribution >= 0.6 is 15.9 Å². The number of fused-ring (bicyclic) bond motifs is 2. The van der Waals surface area contributed by atoms with Crippen molar-refractivity contribution < 1.29 is 23.5 Å². The number of carbonyl (C=O) groups is 2. The maximum atomic E-state index is 12.8. The van der Waals surface area contributed by atoms with Gasteiger partial charge in [-0.2, -0.15) is 0 Å². The van der Waals surface area contributed by atoms with E-state index >= 15 is 0 Å². The quantitative estimate of drug-likeness (QED) is 0.197. The van der Waals surface area contributed by atoms with Crippen molar-refractivity contribution >= 4 is 44.7 Å². The van der Waals surface area contributed by atoms with Gasteiger partial charge in [0.1, 0.15) is 17.1 Å². The Kier molecular flexibility index (Phi) is 4.71. The molecule has 31 heavy (non-hydrogen) atoms. The summed E-state index contributed by atoms with van der Waals surface area (Å²) in [5, 5.41) is 0.816. The van der Waals surface area contributed by atoms with Crippen molar-refractivity contribution in [2.45, 2.75) is 6.92 Å². The molecule has 5 nitrogen and oxygen atoms in total. The summed E-state index contributed by atoms with van der Waals surface area (Å²) in [5.41, 5.74) is 2.57. The zero-order valence-corrected chi connectivity index (χ0v) is 17.9. The average molecular weight is 475 g/mol. The molecule has 0 unspecified atom stereocenters. The van der Waals surface area contributed by atoms with Gasteiger partial charge in [-0.25, -0.2) is 4.79 Å². The lowest BCUT2D eigenvalue weighted by Crippen LogP contribution is -2.07. The molecule has 0 bridgehead atoms. The molecule has 0 radical (unpaired) electrons. The van der Waals surface area contributed by atoms with Gasteiger partial charge in [-0.15, -0.1) is 0 Å². The van der Waals surface area contributed by atoms with E-state index in [0.29, 0.717) is 22.5 Å². The fraction of sp³-hybridized carbons (Fsp3) is 0.0400. The number of Topliss-reactive ketones (excluding diaryl/α,β-unsaturated/α-hetero) is 1. The van der Waals surface area contributed by atoms with E-state index in [0.717, 1.165) is 15.4 Å². The molecular formula is C25H15BrO5. The minimum absolute atomic E-state index is 0.104. The van der Waals surface area contributed by atoms with Gasteiger partial charge in [0.25, 0.3) is 0 Å². The molecule has 0 atom stereocenters. The first kappa shape index (κ1) is 19.3. The molecule has 1 aromatic heterocycles. The largest absolute Gasteiger partial charge is 0.452 e. The van der Waals surface area contributed by atoms with Crippen LogP contribution in [0.3, 0.4) is 0 Å². The topological polar surface area (TPSA) is 65.7 Å². The molecule has 152 valence electrons. The van der Waals surface area contributed by atoms with Gasteiger partial charge in [-0.05, 0) is 54.5 Å². The highest BCUT2D eigenvalue weighted by molar-refractivity contribution is 9.10. The van der Waals surface area contributed by atoms with Crippen LogP contribution in [0.1, 0.15) is 32.0 Å². The number of hydrogen-bond acceptors (Lipinski definition) is 5. The predicted molar refractivity (Wildman–Crippen MR) is 119 cm³/mol. The molecule has 0 amide bonds. The number of rotatable bonds is 3. The first-order valence-corrected chi connectivity index (χ1v) is 10.3. The maximum absolute atomic E-state index is 12.8. The van der Waals surface area contributed by atoms with Gasteiger partial charge < -0.3 is 13.9 Å². The molecule has 4 aromatic rings. The van der Waals surface area contributed by atoms with E-state index in [1.807, 2.05) is 42.5 Å². The Morgan fingerprint density at radius 3 is 2.58 bits per heavy atom. The highest BCUT2D eigenvalue weighted by atomic mass is 79.9.